The van der Waals surface area contributed by atoms with Crippen molar-refractivity contribution in [3.8, 4) is 28.1 Å². The van der Waals surface area contributed by atoms with Crippen molar-refractivity contribution < 1.29 is 0 Å². The summed E-state index contributed by atoms with van der Waals surface area (Å²) < 4.78 is 3.07. The van der Waals surface area contributed by atoms with Gasteiger partial charge in [0, 0.05) is 40.7 Å². The summed E-state index contributed by atoms with van der Waals surface area (Å²) in [6.45, 7) is 2.04. The zero-order valence-electron chi connectivity index (χ0n) is 19.3. The van der Waals surface area contributed by atoms with Crippen LogP contribution in [0.4, 0.5) is 0 Å². The molecular formula is C28H20N6OS. The number of fused-ring (bicyclic) bond motifs is 1. The Morgan fingerprint density at radius 2 is 1.81 bits per heavy atom. The molecule has 0 spiro atoms. The van der Waals surface area contributed by atoms with Gasteiger partial charge < -0.3 is 0 Å². The topological polar surface area (TPSA) is 78.0 Å². The first-order valence-electron chi connectivity index (χ1n) is 11.3. The van der Waals surface area contributed by atoms with E-state index in [0.717, 1.165) is 27.9 Å². The Morgan fingerprint density at radius 3 is 2.58 bits per heavy atom. The van der Waals surface area contributed by atoms with Gasteiger partial charge in [-0.05, 0) is 36.8 Å². The molecular weight excluding hydrogens is 468 g/mol. The highest BCUT2D eigenvalue weighted by Crippen LogP contribution is 2.30. The molecule has 0 saturated carbocycles. The molecule has 36 heavy (non-hydrogen) atoms. The fraction of sp³-hybridized carbons (Fsp3) is 0.0357. The van der Waals surface area contributed by atoms with Gasteiger partial charge in [-0.1, -0.05) is 48.0 Å². The Hall–Kier alpha value is -4.69. The Balaban J connectivity index is 1.44. The predicted octanol–water partition coefficient (Wildman–Crippen LogP) is 5.56. The lowest BCUT2D eigenvalue weighted by Crippen LogP contribution is -2.16. The Morgan fingerprint density at radius 1 is 0.972 bits per heavy atom. The second-order valence-corrected chi connectivity index (χ2v) is 9.15. The van der Waals surface area contributed by atoms with E-state index in [9.17, 15) is 4.79 Å². The molecule has 0 aliphatic rings. The summed E-state index contributed by atoms with van der Waals surface area (Å²) in [7, 11) is 0. The van der Waals surface area contributed by atoms with E-state index < -0.39 is 0 Å². The van der Waals surface area contributed by atoms with E-state index in [1.54, 1.807) is 23.3 Å². The number of hydrogen-bond donors (Lipinski definition) is 0. The fourth-order valence-corrected chi connectivity index (χ4v) is 4.90. The van der Waals surface area contributed by atoms with Crippen LogP contribution in [0, 0.1) is 6.92 Å². The molecule has 7 nitrogen and oxygen atoms in total. The summed E-state index contributed by atoms with van der Waals surface area (Å²) in [5.74, 6) is 0. The van der Waals surface area contributed by atoms with E-state index in [-0.39, 0.29) is 5.56 Å². The first-order valence-corrected chi connectivity index (χ1v) is 12.2. The normalized spacial score (nSPS) is 11.5. The van der Waals surface area contributed by atoms with E-state index >= 15 is 0 Å². The average Bonchev–Trinajstić information content (AvgIpc) is 3.55. The summed E-state index contributed by atoms with van der Waals surface area (Å²) in [4.78, 5) is 22.8. The maximum Gasteiger partial charge on any atom is 0.283 e. The number of pyridine rings is 1. The van der Waals surface area contributed by atoms with Crippen molar-refractivity contribution in [1.29, 1.82) is 0 Å². The monoisotopic (exact) mass is 488 g/mol. The molecule has 0 aliphatic carbocycles. The van der Waals surface area contributed by atoms with Crippen LogP contribution in [0.15, 0.2) is 107 Å². The van der Waals surface area contributed by atoms with Crippen molar-refractivity contribution in [3.63, 3.8) is 0 Å². The van der Waals surface area contributed by atoms with Gasteiger partial charge in [0.25, 0.3) is 5.56 Å². The van der Waals surface area contributed by atoms with Crippen molar-refractivity contribution in [1.82, 2.24) is 24.4 Å². The molecule has 0 atom stereocenters. The zero-order valence-corrected chi connectivity index (χ0v) is 20.1. The van der Waals surface area contributed by atoms with Crippen molar-refractivity contribution >= 4 is 27.8 Å². The van der Waals surface area contributed by atoms with Gasteiger partial charge in [-0.3, -0.25) is 9.78 Å². The van der Waals surface area contributed by atoms with Crippen LogP contribution >= 0.6 is 11.3 Å². The van der Waals surface area contributed by atoms with Gasteiger partial charge >= 0.3 is 0 Å². The standard InChI is InChI=1S/C28H20N6OS/c1-19-9-11-20(12-10-19)24-17-36-27-25(24)28(35)34(18-30-27)31-15-22-16-33(23-7-3-2-4-8-23)32-26(22)21-6-5-13-29-14-21/h2-18H,1H3/b31-15+. The minimum atomic E-state index is -0.216. The molecule has 0 N–H and O–H groups in total. The van der Waals surface area contributed by atoms with Crippen LogP contribution in [-0.4, -0.2) is 30.6 Å². The second kappa shape index (κ2) is 9.16. The van der Waals surface area contributed by atoms with Crippen molar-refractivity contribution in [2.75, 3.05) is 0 Å². The van der Waals surface area contributed by atoms with Gasteiger partial charge in [0.15, 0.2) is 0 Å². The summed E-state index contributed by atoms with van der Waals surface area (Å²) in [6, 6.07) is 21.8. The Bertz CT molecular complexity index is 1750. The van der Waals surface area contributed by atoms with Crippen LogP contribution in [-0.2, 0) is 0 Å². The molecule has 2 aromatic carbocycles. The maximum atomic E-state index is 13.4. The molecule has 0 radical (unpaired) electrons. The maximum absolute atomic E-state index is 13.4. The quantitative estimate of drug-likeness (QED) is 0.298. The van der Waals surface area contributed by atoms with E-state index in [4.69, 9.17) is 5.10 Å². The van der Waals surface area contributed by atoms with Crippen LogP contribution in [0.5, 0.6) is 0 Å². The highest BCUT2D eigenvalue weighted by atomic mass is 32.1. The molecule has 4 aromatic heterocycles. The molecule has 6 rings (SSSR count). The van der Waals surface area contributed by atoms with Crippen molar-refractivity contribution in [2.24, 2.45) is 5.10 Å². The number of aromatic nitrogens is 5. The van der Waals surface area contributed by atoms with Crippen LogP contribution in [0.3, 0.4) is 0 Å². The number of hydrogen-bond acceptors (Lipinski definition) is 6. The molecule has 6 aromatic rings. The summed E-state index contributed by atoms with van der Waals surface area (Å²) >= 11 is 1.45. The molecule has 0 aliphatic heterocycles. The number of para-hydroxylation sites is 1. The highest BCUT2D eigenvalue weighted by Gasteiger charge is 2.14. The summed E-state index contributed by atoms with van der Waals surface area (Å²) in [5.41, 5.74) is 6.04. The lowest BCUT2D eigenvalue weighted by molar-refractivity contribution is 0.819. The Labute approximate surface area is 210 Å². The fourth-order valence-electron chi connectivity index (χ4n) is 4.00. The number of aryl methyl sites for hydroxylation is 1. The van der Waals surface area contributed by atoms with E-state index in [1.165, 1.54) is 27.9 Å². The van der Waals surface area contributed by atoms with Crippen LogP contribution in [0.25, 0.3) is 38.3 Å². The van der Waals surface area contributed by atoms with Gasteiger partial charge in [0.2, 0.25) is 0 Å². The van der Waals surface area contributed by atoms with E-state index in [0.29, 0.717) is 15.9 Å². The number of rotatable bonds is 5. The third kappa shape index (κ3) is 4.03. The molecule has 0 amide bonds. The van der Waals surface area contributed by atoms with E-state index in [1.807, 2.05) is 85.2 Å². The van der Waals surface area contributed by atoms with Gasteiger partial charge in [0.1, 0.15) is 16.9 Å². The van der Waals surface area contributed by atoms with Gasteiger partial charge in [-0.25, -0.2) is 9.67 Å². The highest BCUT2D eigenvalue weighted by molar-refractivity contribution is 7.17. The second-order valence-electron chi connectivity index (χ2n) is 8.29. The number of thiophene rings is 1. The lowest BCUT2D eigenvalue weighted by atomic mass is 10.1. The van der Waals surface area contributed by atoms with Gasteiger partial charge in [-0.15, -0.1) is 11.3 Å². The third-order valence-electron chi connectivity index (χ3n) is 5.86. The molecule has 174 valence electrons. The van der Waals surface area contributed by atoms with Crippen molar-refractivity contribution in [2.45, 2.75) is 6.92 Å². The average molecular weight is 489 g/mol. The Kier molecular flexibility index (Phi) is 5.55. The van der Waals surface area contributed by atoms with Crippen LogP contribution < -0.4 is 5.56 Å². The first-order chi connectivity index (χ1) is 17.7. The van der Waals surface area contributed by atoms with Crippen molar-refractivity contribution in [3.05, 3.63) is 119 Å². The molecule has 0 bridgehead atoms. The van der Waals surface area contributed by atoms with Crippen LogP contribution in [0.2, 0.25) is 0 Å². The van der Waals surface area contributed by atoms with Gasteiger partial charge in [0.05, 0.1) is 17.3 Å². The SMILES string of the molecule is Cc1ccc(-c2csc3ncn(/N=C/c4cn(-c5ccccc5)nc4-c4cccnc4)c(=O)c23)cc1. The predicted molar refractivity (Wildman–Crippen MR) is 144 cm³/mol. The van der Waals surface area contributed by atoms with Gasteiger partial charge in [-0.2, -0.15) is 14.9 Å². The number of benzene rings is 2. The lowest BCUT2D eigenvalue weighted by Gasteiger charge is -2.02. The first kappa shape index (κ1) is 21.8. The molecule has 0 fully saturated rings. The summed E-state index contributed by atoms with van der Waals surface area (Å²) in [6.07, 6.45) is 8.47. The largest absolute Gasteiger partial charge is 0.283 e. The smallest absolute Gasteiger partial charge is 0.267 e. The third-order valence-corrected chi connectivity index (χ3v) is 6.75. The molecule has 8 heteroatoms. The van der Waals surface area contributed by atoms with Crippen LogP contribution in [0.1, 0.15) is 11.1 Å². The molecule has 0 unspecified atom stereocenters. The van der Waals surface area contributed by atoms with E-state index in [2.05, 4.69) is 15.1 Å². The number of nitrogens with zero attached hydrogens (tertiary/aromatic N) is 6. The molecule has 0 saturated heterocycles. The summed E-state index contributed by atoms with van der Waals surface area (Å²) in [5, 5.41) is 11.8. The minimum Gasteiger partial charge on any atom is -0.267 e. The molecule has 4 heterocycles. The minimum absolute atomic E-state index is 0.216. The zero-order chi connectivity index (χ0) is 24.5.